The van der Waals surface area contributed by atoms with Crippen molar-refractivity contribution < 1.29 is 9.59 Å². The number of hydrogen-bond acceptors (Lipinski definition) is 3. The van der Waals surface area contributed by atoms with E-state index < -0.39 is 6.03 Å². The largest absolute Gasteiger partial charge is 0.331 e. The van der Waals surface area contributed by atoms with Crippen LogP contribution in [0, 0.1) is 0 Å². The highest BCUT2D eigenvalue weighted by Gasteiger charge is 2.11. The van der Waals surface area contributed by atoms with Crippen molar-refractivity contribution in [2.75, 3.05) is 5.88 Å². The maximum absolute atomic E-state index is 11.4. The lowest BCUT2D eigenvalue weighted by Gasteiger charge is -2.12. The number of urea groups is 1. The van der Waals surface area contributed by atoms with Crippen molar-refractivity contribution in [2.24, 2.45) is 0 Å². The number of halogens is 1. The van der Waals surface area contributed by atoms with E-state index in [1.54, 1.807) is 11.3 Å². The molecule has 1 aromatic heterocycles. The summed E-state index contributed by atoms with van der Waals surface area (Å²) in [6.07, 6.45) is 0.141. The van der Waals surface area contributed by atoms with Gasteiger partial charge in [0, 0.05) is 12.3 Å². The molecule has 6 heteroatoms. The number of amides is 3. The molecule has 0 aromatic carbocycles. The van der Waals surface area contributed by atoms with Crippen molar-refractivity contribution in [3.05, 3.63) is 22.4 Å². The zero-order chi connectivity index (χ0) is 12.0. The highest BCUT2D eigenvalue weighted by molar-refractivity contribution is 7.07. The van der Waals surface area contributed by atoms with E-state index in [0.29, 0.717) is 0 Å². The van der Waals surface area contributed by atoms with Gasteiger partial charge in [0.2, 0.25) is 5.91 Å². The van der Waals surface area contributed by atoms with Crippen LogP contribution in [-0.2, 0) is 4.79 Å². The smallest absolute Gasteiger partial charge is 0.321 e. The van der Waals surface area contributed by atoms with Gasteiger partial charge in [-0.05, 0) is 29.3 Å². The van der Waals surface area contributed by atoms with E-state index in [1.165, 1.54) is 0 Å². The van der Waals surface area contributed by atoms with Gasteiger partial charge in [0.25, 0.3) is 0 Å². The first kappa shape index (κ1) is 13.0. The molecule has 88 valence electrons. The average Bonchev–Trinajstić information content (AvgIpc) is 2.69. The van der Waals surface area contributed by atoms with Gasteiger partial charge in [0.1, 0.15) is 0 Å². The molecule has 0 aliphatic carbocycles. The maximum atomic E-state index is 11.4. The molecule has 1 atom stereocenters. The summed E-state index contributed by atoms with van der Waals surface area (Å²) >= 11 is 6.94. The minimum atomic E-state index is -0.492. The van der Waals surface area contributed by atoms with Crippen molar-refractivity contribution >= 4 is 34.9 Å². The summed E-state index contributed by atoms with van der Waals surface area (Å²) in [5.74, 6) is -0.163. The second kappa shape index (κ2) is 6.50. The Kier molecular flexibility index (Phi) is 5.28. The van der Waals surface area contributed by atoms with E-state index in [2.05, 4.69) is 10.6 Å². The quantitative estimate of drug-likeness (QED) is 0.816. The molecule has 4 nitrogen and oxygen atoms in total. The normalized spacial score (nSPS) is 11.9. The zero-order valence-electron chi connectivity index (χ0n) is 8.83. The Morgan fingerprint density at radius 3 is 2.88 bits per heavy atom. The second-order valence-electron chi connectivity index (χ2n) is 3.24. The molecule has 3 amide bonds. The molecule has 0 fully saturated rings. The molecule has 2 N–H and O–H groups in total. The molecule has 1 unspecified atom stereocenters. The van der Waals surface area contributed by atoms with Crippen molar-refractivity contribution in [3.63, 3.8) is 0 Å². The van der Waals surface area contributed by atoms with Crippen LogP contribution in [0.4, 0.5) is 4.79 Å². The van der Waals surface area contributed by atoms with Crippen LogP contribution in [0.2, 0.25) is 0 Å². The predicted molar refractivity (Wildman–Crippen MR) is 64.7 cm³/mol. The van der Waals surface area contributed by atoms with E-state index in [-0.39, 0.29) is 24.2 Å². The monoisotopic (exact) mass is 260 g/mol. The molecule has 1 heterocycles. The van der Waals surface area contributed by atoms with Gasteiger partial charge in [0.05, 0.1) is 6.04 Å². The van der Waals surface area contributed by atoms with E-state index in [1.807, 2.05) is 23.8 Å². The lowest BCUT2D eigenvalue weighted by Crippen LogP contribution is -2.40. The number of thiophene rings is 1. The molecule has 0 aliphatic heterocycles. The van der Waals surface area contributed by atoms with Crippen molar-refractivity contribution in [3.8, 4) is 0 Å². The van der Waals surface area contributed by atoms with Gasteiger partial charge in [-0.1, -0.05) is 0 Å². The van der Waals surface area contributed by atoms with Crippen LogP contribution in [0.15, 0.2) is 16.8 Å². The molecule has 1 aromatic rings. The third kappa shape index (κ3) is 4.20. The van der Waals surface area contributed by atoms with Gasteiger partial charge < -0.3 is 5.32 Å². The van der Waals surface area contributed by atoms with Gasteiger partial charge in [-0.25, -0.2) is 4.79 Å². The first-order chi connectivity index (χ1) is 7.63. The van der Waals surface area contributed by atoms with Crippen LogP contribution in [0.3, 0.4) is 0 Å². The predicted octanol–water partition coefficient (Wildman–Crippen LogP) is 2.26. The van der Waals surface area contributed by atoms with Gasteiger partial charge in [0.15, 0.2) is 0 Å². The Morgan fingerprint density at radius 2 is 2.31 bits per heavy atom. The number of carbonyl (C=O) groups is 2. The third-order valence-electron chi connectivity index (χ3n) is 1.97. The number of imide groups is 1. The minimum absolute atomic E-state index is 0.116. The molecule has 0 bridgehead atoms. The summed E-state index contributed by atoms with van der Waals surface area (Å²) in [4.78, 5) is 22.4. The summed E-state index contributed by atoms with van der Waals surface area (Å²) in [6, 6.07) is 1.32. The number of rotatable bonds is 4. The van der Waals surface area contributed by atoms with E-state index >= 15 is 0 Å². The fourth-order valence-electron chi connectivity index (χ4n) is 1.11. The molecule has 0 spiro atoms. The fourth-order valence-corrected chi connectivity index (χ4v) is 2.04. The van der Waals surface area contributed by atoms with E-state index in [9.17, 15) is 9.59 Å². The average molecular weight is 261 g/mol. The van der Waals surface area contributed by atoms with Gasteiger partial charge >= 0.3 is 6.03 Å². The van der Waals surface area contributed by atoms with E-state index in [4.69, 9.17) is 11.6 Å². The fraction of sp³-hybridized carbons (Fsp3) is 0.400. The summed E-state index contributed by atoms with van der Waals surface area (Å²) in [5.41, 5.74) is 1.02. The van der Waals surface area contributed by atoms with Gasteiger partial charge in [-0.15, -0.1) is 11.6 Å². The first-order valence-electron chi connectivity index (χ1n) is 4.82. The first-order valence-corrected chi connectivity index (χ1v) is 6.29. The summed E-state index contributed by atoms with van der Waals surface area (Å²) < 4.78 is 0. The highest BCUT2D eigenvalue weighted by atomic mass is 35.5. The maximum Gasteiger partial charge on any atom is 0.321 e. The third-order valence-corrected chi connectivity index (χ3v) is 2.86. The summed E-state index contributed by atoms with van der Waals surface area (Å²) in [5, 5.41) is 8.75. The number of alkyl halides is 1. The van der Waals surface area contributed by atoms with Crippen LogP contribution in [0.25, 0.3) is 0 Å². The minimum Gasteiger partial charge on any atom is -0.331 e. The van der Waals surface area contributed by atoms with Crippen molar-refractivity contribution in [2.45, 2.75) is 19.4 Å². The lowest BCUT2D eigenvalue weighted by molar-refractivity contribution is -0.119. The van der Waals surface area contributed by atoms with Crippen LogP contribution in [-0.4, -0.2) is 17.8 Å². The molecule has 1 rings (SSSR count). The topological polar surface area (TPSA) is 58.2 Å². The van der Waals surface area contributed by atoms with E-state index in [0.717, 1.165) is 5.56 Å². The van der Waals surface area contributed by atoms with Gasteiger partial charge in [-0.2, -0.15) is 11.3 Å². The van der Waals surface area contributed by atoms with Crippen LogP contribution < -0.4 is 10.6 Å². The Labute approximate surface area is 103 Å². The van der Waals surface area contributed by atoms with Gasteiger partial charge in [-0.3, -0.25) is 10.1 Å². The number of carbonyl (C=O) groups excluding carboxylic acids is 2. The molecular weight excluding hydrogens is 248 g/mol. The Morgan fingerprint density at radius 1 is 1.56 bits per heavy atom. The zero-order valence-corrected chi connectivity index (χ0v) is 10.4. The summed E-state index contributed by atoms with van der Waals surface area (Å²) in [6.45, 7) is 1.85. The molecule has 0 saturated carbocycles. The molecule has 16 heavy (non-hydrogen) atoms. The molecule has 0 radical (unpaired) electrons. The Balaban J connectivity index is 2.37. The Hall–Kier alpha value is -1.07. The van der Waals surface area contributed by atoms with Crippen LogP contribution >= 0.6 is 22.9 Å². The second-order valence-corrected chi connectivity index (χ2v) is 4.40. The van der Waals surface area contributed by atoms with Crippen LogP contribution in [0.1, 0.15) is 24.9 Å². The molecule has 0 aliphatic rings. The molecule has 0 saturated heterocycles. The highest BCUT2D eigenvalue weighted by Crippen LogP contribution is 2.14. The van der Waals surface area contributed by atoms with Crippen molar-refractivity contribution in [1.29, 1.82) is 0 Å². The lowest BCUT2D eigenvalue weighted by atomic mass is 10.2. The molecular formula is C10H13ClN2O2S. The SMILES string of the molecule is CC(NC(=O)NC(=O)CCCl)c1ccsc1. The number of nitrogens with one attached hydrogen (secondary N) is 2. The van der Waals surface area contributed by atoms with Crippen molar-refractivity contribution in [1.82, 2.24) is 10.6 Å². The summed E-state index contributed by atoms with van der Waals surface area (Å²) in [7, 11) is 0. The van der Waals surface area contributed by atoms with Crippen LogP contribution in [0.5, 0.6) is 0 Å². The number of hydrogen-bond donors (Lipinski definition) is 2. The Bertz CT molecular complexity index is 354. The standard InChI is InChI=1S/C10H13ClN2O2S/c1-7(8-3-5-16-6-8)12-10(15)13-9(14)2-4-11/h3,5-7H,2,4H2,1H3,(H2,12,13,14,15).